The first-order valence-corrected chi connectivity index (χ1v) is 11.8. The van der Waals surface area contributed by atoms with Crippen molar-refractivity contribution in [3.8, 4) is 0 Å². The number of halogens is 1. The van der Waals surface area contributed by atoms with Gasteiger partial charge in [-0.25, -0.2) is 0 Å². The van der Waals surface area contributed by atoms with E-state index in [0.717, 1.165) is 26.1 Å². The zero-order chi connectivity index (χ0) is 18.7. The highest BCUT2D eigenvalue weighted by Crippen LogP contribution is 2.15. The van der Waals surface area contributed by atoms with E-state index < -0.39 is 0 Å². The predicted octanol–water partition coefficient (Wildman–Crippen LogP) is 6.93. The molecule has 0 amide bonds. The van der Waals surface area contributed by atoms with Gasteiger partial charge in [0.05, 0.1) is 19.0 Å². The van der Waals surface area contributed by atoms with E-state index >= 15 is 0 Å². The van der Waals surface area contributed by atoms with Crippen LogP contribution >= 0.6 is 12.4 Å². The molecule has 1 heterocycles. The summed E-state index contributed by atoms with van der Waals surface area (Å²) in [4.78, 5) is 6.83. The van der Waals surface area contributed by atoms with Gasteiger partial charge in [-0.15, -0.1) is 12.4 Å². The fourth-order valence-electron chi connectivity index (χ4n) is 3.96. The molecule has 28 heavy (non-hydrogen) atoms. The molecule has 4 nitrogen and oxygen atoms in total. The average Bonchev–Trinajstić information content (AvgIpc) is 3.09. The molecule has 0 saturated heterocycles. The van der Waals surface area contributed by atoms with Gasteiger partial charge in [0.15, 0.2) is 0 Å². The molecule has 0 aromatic heterocycles. The molecule has 0 fully saturated rings. The van der Waals surface area contributed by atoms with Gasteiger partial charge < -0.3 is 16.2 Å². The second kappa shape index (κ2) is 23.0. The average molecular weight is 420 g/mol. The Kier molecular flexibility index (Phi) is 24.5. The number of amidine groups is 1. The summed E-state index contributed by atoms with van der Waals surface area (Å²) in [7, 11) is 0. The Balaban J connectivity index is 0. The van der Waals surface area contributed by atoms with E-state index in [1.165, 1.54) is 109 Å². The molecule has 0 unspecified atom stereocenters. The SMILES string of the molecule is CCCCCCCCCCCCCCCCCCC1=NCCN1CCO.Cl.N. The van der Waals surface area contributed by atoms with Crippen molar-refractivity contribution in [2.75, 3.05) is 26.2 Å². The standard InChI is InChI=1S/C23H46N2O.ClH.H3N/c1-2-3-4-5-6-7-8-9-10-11-12-13-14-15-16-17-18-23-24-19-20-25(23)21-22-26;;/h26H,2-22H2,1H3;1H;1H3. The van der Waals surface area contributed by atoms with Crippen LogP contribution in [0.2, 0.25) is 0 Å². The smallest absolute Gasteiger partial charge is 0.0991 e. The Hall–Kier alpha value is -0.320. The van der Waals surface area contributed by atoms with Crippen molar-refractivity contribution in [1.29, 1.82) is 0 Å². The largest absolute Gasteiger partial charge is 0.395 e. The Morgan fingerprint density at radius 3 is 1.61 bits per heavy atom. The molecule has 1 aliphatic heterocycles. The van der Waals surface area contributed by atoms with E-state index in [-0.39, 0.29) is 25.2 Å². The monoisotopic (exact) mass is 419 g/mol. The van der Waals surface area contributed by atoms with E-state index in [1.807, 2.05) is 0 Å². The van der Waals surface area contributed by atoms with Gasteiger partial charge in [0.25, 0.3) is 0 Å². The van der Waals surface area contributed by atoms with E-state index in [0.29, 0.717) is 0 Å². The number of aliphatic imine (C=N–C) groups is 1. The normalized spacial score (nSPS) is 13.2. The van der Waals surface area contributed by atoms with Crippen LogP contribution in [0.3, 0.4) is 0 Å². The molecule has 0 radical (unpaired) electrons. The van der Waals surface area contributed by atoms with Crippen molar-refractivity contribution in [2.45, 2.75) is 116 Å². The lowest BCUT2D eigenvalue weighted by molar-refractivity contribution is 0.255. The third-order valence-corrected chi connectivity index (χ3v) is 5.65. The highest BCUT2D eigenvalue weighted by molar-refractivity contribution is 5.85. The molecule has 170 valence electrons. The zero-order valence-electron chi connectivity index (χ0n) is 18.8. The molecule has 0 aliphatic carbocycles. The molecular formula is C23H50ClN3O. The first-order chi connectivity index (χ1) is 12.9. The molecule has 0 aromatic carbocycles. The number of rotatable bonds is 19. The Labute approximate surface area is 182 Å². The van der Waals surface area contributed by atoms with Gasteiger partial charge in [0, 0.05) is 19.5 Å². The summed E-state index contributed by atoms with van der Waals surface area (Å²) in [5.74, 6) is 1.24. The Bertz CT molecular complexity index is 340. The van der Waals surface area contributed by atoms with Crippen LogP contribution in [0.25, 0.3) is 0 Å². The van der Waals surface area contributed by atoms with Gasteiger partial charge in [-0.3, -0.25) is 4.99 Å². The van der Waals surface area contributed by atoms with Crippen molar-refractivity contribution in [3.05, 3.63) is 0 Å². The van der Waals surface area contributed by atoms with Gasteiger partial charge in [-0.2, -0.15) is 0 Å². The van der Waals surface area contributed by atoms with Crippen LogP contribution in [-0.2, 0) is 0 Å². The number of β-amino-alcohol motifs (C(OH)–C–C–N with tert-alkyl or cyclic N) is 1. The summed E-state index contributed by atoms with van der Waals surface area (Å²) in [6.45, 7) is 5.23. The van der Waals surface area contributed by atoms with Gasteiger partial charge in [0.1, 0.15) is 0 Å². The summed E-state index contributed by atoms with van der Waals surface area (Å²) < 4.78 is 0. The molecule has 0 aromatic rings. The number of hydrogen-bond acceptors (Lipinski definition) is 4. The second-order valence-corrected chi connectivity index (χ2v) is 8.06. The number of nitrogens with zero attached hydrogens (tertiary/aromatic N) is 2. The van der Waals surface area contributed by atoms with Crippen LogP contribution in [0.4, 0.5) is 0 Å². The van der Waals surface area contributed by atoms with Crippen molar-refractivity contribution < 1.29 is 5.11 Å². The van der Waals surface area contributed by atoms with Crippen LogP contribution in [0.5, 0.6) is 0 Å². The summed E-state index contributed by atoms with van der Waals surface area (Å²) in [6.07, 6.45) is 23.8. The summed E-state index contributed by atoms with van der Waals surface area (Å²) >= 11 is 0. The second-order valence-electron chi connectivity index (χ2n) is 8.06. The quantitative estimate of drug-likeness (QED) is 0.223. The molecule has 1 aliphatic rings. The van der Waals surface area contributed by atoms with Crippen molar-refractivity contribution in [3.63, 3.8) is 0 Å². The number of unbranched alkanes of at least 4 members (excludes halogenated alkanes) is 15. The lowest BCUT2D eigenvalue weighted by atomic mass is 10.0. The van der Waals surface area contributed by atoms with Crippen molar-refractivity contribution in [1.82, 2.24) is 11.1 Å². The topological polar surface area (TPSA) is 70.8 Å². The summed E-state index contributed by atoms with van der Waals surface area (Å²) in [6, 6.07) is 0. The molecule has 1 rings (SSSR count). The van der Waals surface area contributed by atoms with Crippen LogP contribution in [0.1, 0.15) is 116 Å². The number of hydrogen-bond donors (Lipinski definition) is 2. The van der Waals surface area contributed by atoms with Gasteiger partial charge in [-0.05, 0) is 6.42 Å². The molecule has 5 heteroatoms. The molecule has 0 bridgehead atoms. The van der Waals surface area contributed by atoms with Crippen molar-refractivity contribution >= 4 is 18.2 Å². The lowest BCUT2D eigenvalue weighted by Crippen LogP contribution is -2.30. The molecule has 0 spiro atoms. The molecule has 0 saturated carbocycles. The summed E-state index contributed by atoms with van der Waals surface area (Å²) in [5.41, 5.74) is 0. The minimum absolute atomic E-state index is 0. The maximum absolute atomic E-state index is 9.06. The van der Waals surface area contributed by atoms with Crippen molar-refractivity contribution in [2.24, 2.45) is 4.99 Å². The maximum Gasteiger partial charge on any atom is 0.0991 e. The summed E-state index contributed by atoms with van der Waals surface area (Å²) in [5, 5.41) is 9.06. The number of aliphatic hydroxyl groups is 1. The molecular weight excluding hydrogens is 370 g/mol. The lowest BCUT2D eigenvalue weighted by Gasteiger charge is -2.18. The van der Waals surface area contributed by atoms with Gasteiger partial charge in [0.2, 0.25) is 0 Å². The van der Waals surface area contributed by atoms with Crippen LogP contribution < -0.4 is 6.15 Å². The van der Waals surface area contributed by atoms with Crippen LogP contribution in [0.15, 0.2) is 4.99 Å². The van der Waals surface area contributed by atoms with Crippen LogP contribution in [-0.4, -0.2) is 42.1 Å². The van der Waals surface area contributed by atoms with Gasteiger partial charge >= 0.3 is 0 Å². The maximum atomic E-state index is 9.06. The number of aliphatic hydroxyl groups excluding tert-OH is 1. The van der Waals surface area contributed by atoms with E-state index in [1.54, 1.807) is 0 Å². The Morgan fingerprint density at radius 2 is 1.18 bits per heavy atom. The zero-order valence-corrected chi connectivity index (χ0v) is 19.6. The third-order valence-electron chi connectivity index (χ3n) is 5.65. The molecule has 4 N–H and O–H groups in total. The third kappa shape index (κ3) is 16.6. The minimum atomic E-state index is 0. The molecule has 0 atom stereocenters. The van der Waals surface area contributed by atoms with E-state index in [9.17, 15) is 0 Å². The highest BCUT2D eigenvalue weighted by atomic mass is 35.5. The fourth-order valence-corrected chi connectivity index (χ4v) is 3.96. The van der Waals surface area contributed by atoms with Crippen LogP contribution in [0, 0.1) is 0 Å². The Morgan fingerprint density at radius 1 is 0.750 bits per heavy atom. The first kappa shape index (κ1) is 29.9. The van der Waals surface area contributed by atoms with E-state index in [2.05, 4.69) is 16.8 Å². The predicted molar refractivity (Wildman–Crippen MR) is 127 cm³/mol. The van der Waals surface area contributed by atoms with Gasteiger partial charge in [-0.1, -0.05) is 103 Å². The highest BCUT2D eigenvalue weighted by Gasteiger charge is 2.14. The first-order valence-electron chi connectivity index (χ1n) is 11.8. The van der Waals surface area contributed by atoms with E-state index in [4.69, 9.17) is 5.11 Å². The fraction of sp³-hybridized carbons (Fsp3) is 0.957. The minimum Gasteiger partial charge on any atom is -0.395 e.